The molecular formula is C25H29N3O4. The second-order valence-electron chi connectivity index (χ2n) is 8.23. The SMILES string of the molecule is O=C(C1CCCN1C(=O)OCc1ccccc1)N(C(=O)N1CCCCC1)c1ccccc1. The van der Waals surface area contributed by atoms with Crippen molar-refractivity contribution in [3.05, 3.63) is 66.2 Å². The summed E-state index contributed by atoms with van der Waals surface area (Å²) in [5, 5.41) is 0. The van der Waals surface area contributed by atoms with Crippen molar-refractivity contribution in [2.75, 3.05) is 24.5 Å². The van der Waals surface area contributed by atoms with Crippen LogP contribution in [0.1, 0.15) is 37.7 Å². The van der Waals surface area contributed by atoms with E-state index in [4.69, 9.17) is 4.74 Å². The Hall–Kier alpha value is -3.35. The van der Waals surface area contributed by atoms with E-state index in [9.17, 15) is 14.4 Å². The molecule has 1 atom stereocenters. The lowest BCUT2D eigenvalue weighted by Gasteiger charge is -2.34. The first-order chi connectivity index (χ1) is 15.6. The largest absolute Gasteiger partial charge is 0.445 e. The summed E-state index contributed by atoms with van der Waals surface area (Å²) in [5.74, 6) is -0.374. The molecular weight excluding hydrogens is 406 g/mol. The van der Waals surface area contributed by atoms with Crippen LogP contribution >= 0.6 is 0 Å². The van der Waals surface area contributed by atoms with Crippen LogP contribution in [0, 0.1) is 0 Å². The van der Waals surface area contributed by atoms with Crippen molar-refractivity contribution in [1.82, 2.24) is 9.80 Å². The average molecular weight is 436 g/mol. The molecule has 2 heterocycles. The van der Waals surface area contributed by atoms with Gasteiger partial charge in [-0.2, -0.15) is 0 Å². The molecule has 2 fully saturated rings. The summed E-state index contributed by atoms with van der Waals surface area (Å²) in [6.07, 6.45) is 3.64. The molecule has 32 heavy (non-hydrogen) atoms. The zero-order valence-corrected chi connectivity index (χ0v) is 18.2. The summed E-state index contributed by atoms with van der Waals surface area (Å²) in [6, 6.07) is 17.4. The van der Waals surface area contributed by atoms with Crippen molar-refractivity contribution in [3.8, 4) is 0 Å². The molecule has 2 aromatic carbocycles. The number of hydrogen-bond acceptors (Lipinski definition) is 4. The molecule has 4 rings (SSSR count). The highest BCUT2D eigenvalue weighted by molar-refractivity contribution is 6.16. The normalized spacial score (nSPS) is 18.3. The Morgan fingerprint density at radius 1 is 0.844 bits per heavy atom. The summed E-state index contributed by atoms with van der Waals surface area (Å²) in [6.45, 7) is 1.86. The predicted octanol–water partition coefficient (Wildman–Crippen LogP) is 4.43. The third kappa shape index (κ3) is 4.93. The minimum atomic E-state index is -0.716. The standard InChI is InChI=1S/C25H29N3O4/c29-23(22-15-10-18-27(22)25(31)32-19-20-11-4-1-5-12-20)28(21-13-6-2-7-14-21)24(30)26-16-8-3-9-17-26/h1-2,4-7,11-14,22H,3,8-10,15-19H2. The number of piperidine rings is 1. The Kier molecular flexibility index (Phi) is 7.04. The fourth-order valence-electron chi connectivity index (χ4n) is 4.33. The van der Waals surface area contributed by atoms with Crippen LogP contribution in [0.25, 0.3) is 0 Å². The Morgan fingerprint density at radius 3 is 2.19 bits per heavy atom. The van der Waals surface area contributed by atoms with Crippen molar-refractivity contribution in [2.24, 2.45) is 0 Å². The molecule has 2 aliphatic heterocycles. The van der Waals surface area contributed by atoms with Gasteiger partial charge in [-0.1, -0.05) is 48.5 Å². The second kappa shape index (κ2) is 10.3. The average Bonchev–Trinajstić information content (AvgIpc) is 3.35. The molecule has 0 aliphatic carbocycles. The number of nitrogens with zero attached hydrogens (tertiary/aromatic N) is 3. The third-order valence-corrected chi connectivity index (χ3v) is 6.03. The zero-order chi connectivity index (χ0) is 22.3. The molecule has 168 valence electrons. The van der Waals surface area contributed by atoms with Crippen LogP contribution < -0.4 is 4.90 Å². The first kappa shape index (κ1) is 21.9. The molecule has 2 aliphatic rings. The van der Waals surface area contributed by atoms with E-state index in [1.54, 1.807) is 29.2 Å². The number of hydrogen-bond donors (Lipinski definition) is 0. The minimum absolute atomic E-state index is 0.145. The highest BCUT2D eigenvalue weighted by Gasteiger charge is 2.41. The maximum Gasteiger partial charge on any atom is 0.410 e. The number of urea groups is 1. The zero-order valence-electron chi connectivity index (χ0n) is 18.2. The number of ether oxygens (including phenoxy) is 1. The minimum Gasteiger partial charge on any atom is -0.445 e. The highest BCUT2D eigenvalue weighted by Crippen LogP contribution is 2.26. The van der Waals surface area contributed by atoms with Crippen LogP contribution in [0.2, 0.25) is 0 Å². The molecule has 2 saturated heterocycles. The molecule has 2 aromatic rings. The first-order valence-corrected chi connectivity index (χ1v) is 11.3. The number of carbonyl (C=O) groups is 3. The van der Waals surface area contributed by atoms with E-state index in [1.165, 1.54) is 9.80 Å². The molecule has 7 nitrogen and oxygen atoms in total. The van der Waals surface area contributed by atoms with Crippen molar-refractivity contribution in [2.45, 2.75) is 44.8 Å². The summed E-state index contributed by atoms with van der Waals surface area (Å²) in [5.41, 5.74) is 1.41. The molecule has 0 spiro atoms. The van der Waals surface area contributed by atoms with E-state index in [0.717, 1.165) is 24.8 Å². The predicted molar refractivity (Wildman–Crippen MR) is 121 cm³/mol. The van der Waals surface area contributed by atoms with E-state index >= 15 is 0 Å². The van der Waals surface area contributed by atoms with Gasteiger partial charge in [0.25, 0.3) is 5.91 Å². The Balaban J connectivity index is 1.51. The molecule has 0 bridgehead atoms. The van der Waals surface area contributed by atoms with Gasteiger partial charge in [0.1, 0.15) is 12.6 Å². The molecule has 0 radical (unpaired) electrons. The van der Waals surface area contributed by atoms with Crippen molar-refractivity contribution >= 4 is 23.7 Å². The van der Waals surface area contributed by atoms with Gasteiger partial charge in [0.15, 0.2) is 0 Å². The van der Waals surface area contributed by atoms with Crippen LogP contribution in [-0.2, 0) is 16.1 Å². The van der Waals surface area contributed by atoms with Gasteiger partial charge < -0.3 is 9.64 Å². The van der Waals surface area contributed by atoms with Gasteiger partial charge in [-0.05, 0) is 49.8 Å². The van der Waals surface area contributed by atoms with Crippen LogP contribution in [0.4, 0.5) is 15.3 Å². The summed E-state index contributed by atoms with van der Waals surface area (Å²) < 4.78 is 5.48. The number of anilines is 1. The van der Waals surface area contributed by atoms with Crippen LogP contribution in [0.3, 0.4) is 0 Å². The van der Waals surface area contributed by atoms with Gasteiger partial charge in [-0.3, -0.25) is 9.69 Å². The molecule has 0 N–H and O–H groups in total. The summed E-state index contributed by atoms with van der Waals surface area (Å²) in [7, 11) is 0. The van der Waals surface area contributed by atoms with Gasteiger partial charge in [0, 0.05) is 19.6 Å². The summed E-state index contributed by atoms with van der Waals surface area (Å²) in [4.78, 5) is 44.3. The second-order valence-corrected chi connectivity index (χ2v) is 8.23. The number of imide groups is 1. The van der Waals surface area contributed by atoms with Gasteiger partial charge >= 0.3 is 12.1 Å². The lowest BCUT2D eigenvalue weighted by Crippen LogP contribution is -2.54. The summed E-state index contributed by atoms with van der Waals surface area (Å²) >= 11 is 0. The fraction of sp³-hybridized carbons (Fsp3) is 0.400. The van der Waals surface area contributed by atoms with Crippen molar-refractivity contribution < 1.29 is 19.1 Å². The van der Waals surface area contributed by atoms with E-state index in [1.807, 2.05) is 36.4 Å². The van der Waals surface area contributed by atoms with Crippen LogP contribution in [-0.4, -0.2) is 53.5 Å². The Morgan fingerprint density at radius 2 is 1.50 bits per heavy atom. The van der Waals surface area contributed by atoms with E-state index in [-0.39, 0.29) is 18.5 Å². The fourth-order valence-corrected chi connectivity index (χ4v) is 4.33. The van der Waals surface area contributed by atoms with Crippen LogP contribution in [0.15, 0.2) is 60.7 Å². The molecule has 1 unspecified atom stereocenters. The maximum atomic E-state index is 13.6. The topological polar surface area (TPSA) is 70.2 Å². The smallest absolute Gasteiger partial charge is 0.410 e. The maximum absolute atomic E-state index is 13.6. The molecule has 0 saturated carbocycles. The van der Waals surface area contributed by atoms with Crippen molar-refractivity contribution in [3.63, 3.8) is 0 Å². The Bertz CT molecular complexity index is 929. The monoisotopic (exact) mass is 435 g/mol. The van der Waals surface area contributed by atoms with Crippen LogP contribution in [0.5, 0.6) is 0 Å². The van der Waals surface area contributed by atoms with E-state index in [2.05, 4.69) is 0 Å². The number of benzene rings is 2. The quantitative estimate of drug-likeness (QED) is 0.713. The lowest BCUT2D eigenvalue weighted by molar-refractivity contribution is -0.122. The molecule has 7 heteroatoms. The molecule has 0 aromatic heterocycles. The van der Waals surface area contributed by atoms with Gasteiger partial charge in [0.2, 0.25) is 0 Å². The number of likely N-dealkylation sites (tertiary alicyclic amines) is 2. The molecule has 4 amide bonds. The highest BCUT2D eigenvalue weighted by atomic mass is 16.6. The van der Waals surface area contributed by atoms with Gasteiger partial charge in [-0.15, -0.1) is 0 Å². The first-order valence-electron chi connectivity index (χ1n) is 11.3. The number of para-hydroxylation sites is 1. The number of carbonyl (C=O) groups excluding carboxylic acids is 3. The third-order valence-electron chi connectivity index (χ3n) is 6.03. The van der Waals surface area contributed by atoms with Gasteiger partial charge in [0.05, 0.1) is 5.69 Å². The van der Waals surface area contributed by atoms with Gasteiger partial charge in [-0.25, -0.2) is 14.5 Å². The van der Waals surface area contributed by atoms with E-state index < -0.39 is 12.1 Å². The van der Waals surface area contributed by atoms with E-state index in [0.29, 0.717) is 38.2 Å². The number of rotatable bonds is 4. The number of amides is 4. The Labute approximate surface area is 188 Å². The lowest BCUT2D eigenvalue weighted by atomic mass is 10.1. The van der Waals surface area contributed by atoms with Crippen molar-refractivity contribution in [1.29, 1.82) is 0 Å².